The van der Waals surface area contributed by atoms with E-state index in [0.29, 0.717) is 9.34 Å². The van der Waals surface area contributed by atoms with Crippen molar-refractivity contribution >= 4 is 34.5 Å². The molecule has 0 aliphatic heterocycles. The minimum absolute atomic E-state index is 0.188. The van der Waals surface area contributed by atoms with Crippen LogP contribution >= 0.6 is 22.9 Å². The Labute approximate surface area is 112 Å². The van der Waals surface area contributed by atoms with Gasteiger partial charge in [-0.3, -0.25) is 4.79 Å². The van der Waals surface area contributed by atoms with Crippen molar-refractivity contribution in [1.82, 2.24) is 4.98 Å². The zero-order chi connectivity index (χ0) is 13.1. The van der Waals surface area contributed by atoms with Crippen molar-refractivity contribution in [2.75, 3.05) is 5.32 Å². The Morgan fingerprint density at radius 2 is 2.22 bits per heavy atom. The molecule has 1 heterocycles. The highest BCUT2D eigenvalue weighted by Crippen LogP contribution is 2.27. The molecule has 0 radical (unpaired) electrons. The van der Waals surface area contributed by atoms with Crippen molar-refractivity contribution in [1.29, 1.82) is 0 Å². The fourth-order valence-electron chi connectivity index (χ4n) is 1.39. The summed E-state index contributed by atoms with van der Waals surface area (Å²) in [4.78, 5) is 15.3. The molecule has 2 aromatic rings. The predicted octanol–water partition coefficient (Wildman–Crippen LogP) is 2.57. The monoisotopic (exact) mass is 285 g/mol. The van der Waals surface area contributed by atoms with E-state index in [4.69, 9.17) is 17.3 Å². The number of rotatable bonds is 4. The number of primary amides is 1. The van der Waals surface area contributed by atoms with Gasteiger partial charge < -0.3 is 11.1 Å². The van der Waals surface area contributed by atoms with E-state index in [1.165, 1.54) is 18.3 Å². The molecule has 0 saturated carbocycles. The molecule has 3 N–H and O–H groups in total. The Kier molecular flexibility index (Phi) is 3.78. The van der Waals surface area contributed by atoms with Gasteiger partial charge in [-0.1, -0.05) is 23.7 Å². The third-order valence-electron chi connectivity index (χ3n) is 2.20. The van der Waals surface area contributed by atoms with Crippen molar-refractivity contribution in [2.45, 2.75) is 6.04 Å². The number of para-hydroxylation sites is 1. The molecule has 94 valence electrons. The number of nitrogens with two attached hydrogens (primary N) is 1. The molecule has 1 amide bonds. The normalized spacial score (nSPS) is 12.1. The minimum atomic E-state index is -0.903. The predicted molar refractivity (Wildman–Crippen MR) is 69.1 cm³/mol. The zero-order valence-corrected chi connectivity index (χ0v) is 10.6. The van der Waals surface area contributed by atoms with E-state index >= 15 is 0 Å². The summed E-state index contributed by atoms with van der Waals surface area (Å²) in [5.74, 6) is -1.12. The summed E-state index contributed by atoms with van der Waals surface area (Å²) in [7, 11) is 0. The molecule has 4 nitrogen and oxygen atoms in total. The second-order valence-electron chi connectivity index (χ2n) is 3.46. The molecule has 1 atom stereocenters. The lowest BCUT2D eigenvalue weighted by atomic mass is 10.2. The van der Waals surface area contributed by atoms with Gasteiger partial charge >= 0.3 is 0 Å². The summed E-state index contributed by atoms with van der Waals surface area (Å²) < 4.78 is 13.9. The maximum atomic E-state index is 13.5. The third kappa shape index (κ3) is 2.77. The number of amides is 1. The molecule has 18 heavy (non-hydrogen) atoms. The molecule has 1 unspecified atom stereocenters. The number of benzene rings is 1. The van der Waals surface area contributed by atoms with Gasteiger partial charge in [0.1, 0.15) is 15.2 Å². The van der Waals surface area contributed by atoms with Crippen LogP contribution in [0, 0.1) is 5.82 Å². The van der Waals surface area contributed by atoms with Gasteiger partial charge in [-0.15, -0.1) is 11.3 Å². The second kappa shape index (κ2) is 5.32. The number of halogens is 2. The Morgan fingerprint density at radius 3 is 2.78 bits per heavy atom. The van der Waals surface area contributed by atoms with Gasteiger partial charge in [0.2, 0.25) is 5.91 Å². The molecule has 0 saturated heterocycles. The summed E-state index contributed by atoms with van der Waals surface area (Å²) >= 11 is 6.86. The topological polar surface area (TPSA) is 68.0 Å². The zero-order valence-electron chi connectivity index (χ0n) is 9.06. The number of carbonyl (C=O) groups is 1. The third-order valence-corrected chi connectivity index (χ3v) is 3.38. The van der Waals surface area contributed by atoms with Crippen LogP contribution in [-0.2, 0) is 4.79 Å². The molecule has 0 fully saturated rings. The van der Waals surface area contributed by atoms with Crippen LogP contribution in [0.25, 0.3) is 0 Å². The Morgan fingerprint density at radius 1 is 1.50 bits per heavy atom. The quantitative estimate of drug-likeness (QED) is 0.907. The van der Waals surface area contributed by atoms with Gasteiger partial charge in [0.25, 0.3) is 0 Å². The van der Waals surface area contributed by atoms with Crippen LogP contribution < -0.4 is 11.1 Å². The molecular weight excluding hydrogens is 277 g/mol. The van der Waals surface area contributed by atoms with Crippen LogP contribution in [0.4, 0.5) is 10.1 Å². The number of thiazole rings is 1. The molecule has 7 heteroatoms. The highest BCUT2D eigenvalue weighted by molar-refractivity contribution is 7.16. The lowest BCUT2D eigenvalue weighted by Crippen LogP contribution is -2.27. The number of nitrogens with zero attached hydrogens (tertiary/aromatic N) is 1. The van der Waals surface area contributed by atoms with Gasteiger partial charge in [0.15, 0.2) is 6.04 Å². The van der Waals surface area contributed by atoms with Gasteiger partial charge in [-0.05, 0) is 12.1 Å². The van der Waals surface area contributed by atoms with E-state index in [1.54, 1.807) is 12.1 Å². The van der Waals surface area contributed by atoms with Crippen LogP contribution in [-0.4, -0.2) is 10.9 Å². The summed E-state index contributed by atoms with van der Waals surface area (Å²) in [6.45, 7) is 0. The van der Waals surface area contributed by atoms with Crippen LogP contribution in [0.5, 0.6) is 0 Å². The standard InChI is InChI=1S/C11H9ClFN3OS/c12-8-5-15-11(18-8)9(10(14)17)16-7-4-2-1-3-6(7)13/h1-5,9,16H,(H2,14,17). The van der Waals surface area contributed by atoms with Gasteiger partial charge in [0, 0.05) is 0 Å². The van der Waals surface area contributed by atoms with Gasteiger partial charge in [-0.25, -0.2) is 9.37 Å². The Hall–Kier alpha value is -1.66. The average Bonchev–Trinajstić information content (AvgIpc) is 2.74. The number of nitrogens with one attached hydrogen (secondary N) is 1. The first-order valence-corrected chi connectivity index (χ1v) is 6.19. The molecular formula is C11H9ClFN3OS. The maximum Gasteiger partial charge on any atom is 0.247 e. The first-order valence-electron chi connectivity index (χ1n) is 4.99. The summed E-state index contributed by atoms with van der Waals surface area (Å²) in [6, 6.07) is 5.10. The van der Waals surface area contributed by atoms with Crippen LogP contribution in [0.1, 0.15) is 11.0 Å². The molecule has 1 aromatic heterocycles. The number of hydrogen-bond acceptors (Lipinski definition) is 4. The van der Waals surface area contributed by atoms with Crippen LogP contribution in [0.15, 0.2) is 30.5 Å². The van der Waals surface area contributed by atoms with Crippen molar-refractivity contribution in [3.05, 3.63) is 45.6 Å². The van der Waals surface area contributed by atoms with E-state index in [0.717, 1.165) is 11.3 Å². The number of carbonyl (C=O) groups excluding carboxylic acids is 1. The van der Waals surface area contributed by atoms with Crippen molar-refractivity contribution in [3.63, 3.8) is 0 Å². The van der Waals surface area contributed by atoms with Crippen molar-refractivity contribution in [2.24, 2.45) is 5.73 Å². The van der Waals surface area contributed by atoms with Gasteiger partial charge in [-0.2, -0.15) is 0 Å². The second-order valence-corrected chi connectivity index (χ2v) is 5.16. The maximum absolute atomic E-state index is 13.5. The summed E-state index contributed by atoms with van der Waals surface area (Å²) in [6.07, 6.45) is 1.42. The number of anilines is 1. The molecule has 0 bridgehead atoms. The largest absolute Gasteiger partial charge is 0.368 e. The SMILES string of the molecule is NC(=O)C(Nc1ccccc1F)c1ncc(Cl)s1. The molecule has 2 rings (SSSR count). The molecule has 0 aliphatic rings. The fourth-order valence-corrected chi connectivity index (χ4v) is 2.38. The van der Waals surface area contributed by atoms with E-state index in [-0.39, 0.29) is 5.69 Å². The van der Waals surface area contributed by atoms with Gasteiger partial charge in [0.05, 0.1) is 11.9 Å². The first kappa shape index (κ1) is 12.8. The van der Waals surface area contributed by atoms with Crippen molar-refractivity contribution in [3.8, 4) is 0 Å². The summed E-state index contributed by atoms with van der Waals surface area (Å²) in [5.41, 5.74) is 5.46. The minimum Gasteiger partial charge on any atom is -0.368 e. The fraction of sp³-hybridized carbons (Fsp3) is 0.0909. The number of aromatic nitrogens is 1. The van der Waals surface area contributed by atoms with Crippen LogP contribution in [0.3, 0.4) is 0 Å². The van der Waals surface area contributed by atoms with Crippen LogP contribution in [0.2, 0.25) is 4.34 Å². The lowest BCUT2D eigenvalue weighted by molar-refractivity contribution is -0.118. The molecule has 0 aliphatic carbocycles. The Balaban J connectivity index is 2.28. The number of hydrogen-bond donors (Lipinski definition) is 2. The lowest BCUT2D eigenvalue weighted by Gasteiger charge is -2.14. The van der Waals surface area contributed by atoms with E-state index in [1.807, 2.05) is 0 Å². The molecule has 1 aromatic carbocycles. The van der Waals surface area contributed by atoms with Crippen molar-refractivity contribution < 1.29 is 9.18 Å². The van der Waals surface area contributed by atoms with E-state index in [9.17, 15) is 9.18 Å². The highest BCUT2D eigenvalue weighted by atomic mass is 35.5. The Bertz CT molecular complexity index is 575. The average molecular weight is 286 g/mol. The first-order chi connectivity index (χ1) is 8.58. The van der Waals surface area contributed by atoms with E-state index in [2.05, 4.69) is 10.3 Å². The van der Waals surface area contributed by atoms with E-state index < -0.39 is 17.8 Å². The highest BCUT2D eigenvalue weighted by Gasteiger charge is 2.22. The smallest absolute Gasteiger partial charge is 0.247 e. The summed E-state index contributed by atoms with van der Waals surface area (Å²) in [5, 5.41) is 3.11. The molecule has 0 spiro atoms.